The van der Waals surface area contributed by atoms with Crippen molar-refractivity contribution in [3.63, 3.8) is 0 Å². The van der Waals surface area contributed by atoms with E-state index in [-0.39, 0.29) is 24.0 Å². The van der Waals surface area contributed by atoms with Gasteiger partial charge >= 0.3 is 0 Å². The summed E-state index contributed by atoms with van der Waals surface area (Å²) in [7, 11) is 0. The molecule has 2 rings (SSSR count). The number of rotatable bonds is 8. The highest BCUT2D eigenvalue weighted by Crippen LogP contribution is 2.23. The van der Waals surface area contributed by atoms with Crippen LogP contribution in [0.2, 0.25) is 0 Å². The first-order chi connectivity index (χ1) is 11.7. The van der Waals surface area contributed by atoms with Gasteiger partial charge in [0.05, 0.1) is 6.10 Å². The topological polar surface area (TPSA) is 46.1 Å². The van der Waals surface area contributed by atoms with E-state index in [0.29, 0.717) is 6.10 Å². The molecule has 5 nitrogen and oxygen atoms in total. The van der Waals surface area contributed by atoms with Gasteiger partial charge < -0.3 is 19.7 Å². The lowest BCUT2D eigenvalue weighted by atomic mass is 9.97. The molecule has 2 saturated heterocycles. The molecule has 0 bridgehead atoms. The van der Waals surface area contributed by atoms with Crippen LogP contribution >= 0.6 is 24.0 Å². The van der Waals surface area contributed by atoms with E-state index in [4.69, 9.17) is 14.5 Å². The summed E-state index contributed by atoms with van der Waals surface area (Å²) in [5.41, 5.74) is 0. The highest BCUT2D eigenvalue weighted by atomic mass is 127. The van der Waals surface area contributed by atoms with Crippen molar-refractivity contribution in [1.29, 1.82) is 0 Å². The Labute approximate surface area is 171 Å². The average Bonchev–Trinajstić information content (AvgIpc) is 3.02. The van der Waals surface area contributed by atoms with Crippen molar-refractivity contribution in [2.24, 2.45) is 16.8 Å². The van der Waals surface area contributed by atoms with E-state index in [2.05, 4.69) is 31.0 Å². The lowest BCUT2D eigenvalue weighted by Crippen LogP contribution is -2.40. The van der Waals surface area contributed by atoms with Gasteiger partial charge in [0, 0.05) is 46.0 Å². The molecule has 2 heterocycles. The van der Waals surface area contributed by atoms with Crippen LogP contribution < -0.4 is 5.32 Å². The molecule has 1 atom stereocenters. The van der Waals surface area contributed by atoms with Crippen LogP contribution in [-0.2, 0) is 9.47 Å². The third-order valence-electron chi connectivity index (χ3n) is 4.81. The van der Waals surface area contributed by atoms with Crippen LogP contribution in [0.15, 0.2) is 4.99 Å². The predicted molar refractivity (Wildman–Crippen MR) is 115 cm³/mol. The quantitative estimate of drug-likeness (QED) is 0.257. The second-order valence-corrected chi connectivity index (χ2v) is 7.50. The summed E-state index contributed by atoms with van der Waals surface area (Å²) in [4.78, 5) is 7.26. The van der Waals surface area contributed by atoms with E-state index in [1.807, 2.05) is 0 Å². The van der Waals surface area contributed by atoms with Crippen molar-refractivity contribution in [3.05, 3.63) is 0 Å². The summed E-state index contributed by atoms with van der Waals surface area (Å²) >= 11 is 0. The molecule has 1 N–H and O–H groups in total. The maximum Gasteiger partial charge on any atom is 0.193 e. The highest BCUT2D eigenvalue weighted by Gasteiger charge is 2.25. The van der Waals surface area contributed by atoms with Crippen molar-refractivity contribution < 1.29 is 9.47 Å². The number of ether oxygens (including phenoxy) is 2. The van der Waals surface area contributed by atoms with Gasteiger partial charge in [0.25, 0.3) is 0 Å². The van der Waals surface area contributed by atoms with E-state index >= 15 is 0 Å². The molecule has 0 radical (unpaired) electrons. The zero-order chi connectivity index (χ0) is 17.2. The monoisotopic (exact) mass is 467 g/mol. The summed E-state index contributed by atoms with van der Waals surface area (Å²) < 4.78 is 11.3. The largest absolute Gasteiger partial charge is 0.381 e. The summed E-state index contributed by atoms with van der Waals surface area (Å²) in [5, 5.41) is 3.46. The second kappa shape index (κ2) is 13.1. The van der Waals surface area contributed by atoms with Gasteiger partial charge in [0.2, 0.25) is 0 Å². The molecule has 2 aliphatic heterocycles. The number of guanidine groups is 1. The minimum Gasteiger partial charge on any atom is -0.381 e. The maximum atomic E-state index is 5.93. The lowest BCUT2D eigenvalue weighted by molar-refractivity contribution is -0.0318. The second-order valence-electron chi connectivity index (χ2n) is 7.50. The van der Waals surface area contributed by atoms with Crippen LogP contribution in [0.3, 0.4) is 0 Å². The highest BCUT2D eigenvalue weighted by molar-refractivity contribution is 14.0. The zero-order valence-electron chi connectivity index (χ0n) is 16.3. The van der Waals surface area contributed by atoms with Crippen LogP contribution in [0.5, 0.6) is 0 Å². The summed E-state index contributed by atoms with van der Waals surface area (Å²) in [5.74, 6) is 2.71. The fourth-order valence-corrected chi connectivity index (χ4v) is 3.65. The number of nitrogens with one attached hydrogen (secondary N) is 1. The Morgan fingerprint density at radius 2 is 2.04 bits per heavy atom. The average molecular weight is 467 g/mol. The Morgan fingerprint density at radius 1 is 1.28 bits per heavy atom. The molecule has 2 fully saturated rings. The van der Waals surface area contributed by atoms with E-state index < -0.39 is 0 Å². The van der Waals surface area contributed by atoms with Crippen molar-refractivity contribution >= 4 is 29.9 Å². The van der Waals surface area contributed by atoms with Gasteiger partial charge in [-0.25, -0.2) is 0 Å². The van der Waals surface area contributed by atoms with Gasteiger partial charge in [0.1, 0.15) is 0 Å². The van der Waals surface area contributed by atoms with Gasteiger partial charge in [-0.05, 0) is 50.9 Å². The van der Waals surface area contributed by atoms with Gasteiger partial charge in [-0.2, -0.15) is 0 Å². The van der Waals surface area contributed by atoms with Crippen LogP contribution in [0.25, 0.3) is 0 Å². The smallest absolute Gasteiger partial charge is 0.193 e. The first-order valence-electron chi connectivity index (χ1n) is 9.91. The van der Waals surface area contributed by atoms with E-state index in [1.165, 1.54) is 12.8 Å². The minimum atomic E-state index is 0. The fraction of sp³-hybridized carbons (Fsp3) is 0.947. The molecule has 6 heteroatoms. The molecular weight excluding hydrogens is 429 g/mol. The SMILES string of the molecule is CCNC(=NCCCOC1CCOCC1)N1CCC(CC(C)C)C1.I. The van der Waals surface area contributed by atoms with E-state index in [0.717, 1.165) is 83.1 Å². The predicted octanol–water partition coefficient (Wildman–Crippen LogP) is 3.52. The number of aliphatic imine (C=N–C) groups is 1. The van der Waals surface area contributed by atoms with Gasteiger partial charge in [-0.1, -0.05) is 13.8 Å². The van der Waals surface area contributed by atoms with E-state index in [1.54, 1.807) is 0 Å². The number of likely N-dealkylation sites (tertiary alicyclic amines) is 1. The maximum absolute atomic E-state index is 5.93. The molecule has 0 amide bonds. The van der Waals surface area contributed by atoms with Crippen molar-refractivity contribution in [2.75, 3.05) is 46.0 Å². The molecule has 0 aromatic heterocycles. The number of hydrogen-bond donors (Lipinski definition) is 1. The summed E-state index contributed by atoms with van der Waals surface area (Å²) in [6, 6.07) is 0. The van der Waals surface area contributed by atoms with Crippen LogP contribution in [-0.4, -0.2) is 63.0 Å². The number of halogens is 1. The molecule has 2 aliphatic rings. The Bertz CT molecular complexity index is 374. The standard InChI is InChI=1S/C19H37N3O2.HI/c1-4-20-19(22-10-6-17(15-22)14-16(2)3)21-9-5-11-24-18-7-12-23-13-8-18;/h16-18H,4-15H2,1-3H3,(H,20,21);1H. The van der Waals surface area contributed by atoms with Crippen molar-refractivity contribution in [3.8, 4) is 0 Å². The van der Waals surface area contributed by atoms with Crippen LogP contribution in [0, 0.1) is 11.8 Å². The first-order valence-corrected chi connectivity index (χ1v) is 9.91. The normalized spacial score (nSPS) is 22.3. The Kier molecular flexibility index (Phi) is 12.1. The van der Waals surface area contributed by atoms with Crippen molar-refractivity contribution in [1.82, 2.24) is 10.2 Å². The van der Waals surface area contributed by atoms with Gasteiger partial charge in [-0.3, -0.25) is 4.99 Å². The third kappa shape index (κ3) is 8.91. The number of hydrogen-bond acceptors (Lipinski definition) is 3. The van der Waals surface area contributed by atoms with Crippen LogP contribution in [0.1, 0.15) is 52.9 Å². The zero-order valence-corrected chi connectivity index (χ0v) is 18.7. The molecule has 0 aromatic rings. The molecule has 1 unspecified atom stereocenters. The minimum absolute atomic E-state index is 0. The molecular formula is C19H38IN3O2. The summed E-state index contributed by atoms with van der Waals surface area (Å²) in [6.45, 7) is 13.4. The molecule has 148 valence electrons. The Morgan fingerprint density at radius 3 is 2.72 bits per heavy atom. The molecule has 25 heavy (non-hydrogen) atoms. The number of nitrogens with zero attached hydrogens (tertiary/aromatic N) is 2. The van der Waals surface area contributed by atoms with Crippen LogP contribution in [0.4, 0.5) is 0 Å². The van der Waals surface area contributed by atoms with Gasteiger partial charge in [-0.15, -0.1) is 24.0 Å². The van der Waals surface area contributed by atoms with Gasteiger partial charge in [0.15, 0.2) is 5.96 Å². The Hall–Kier alpha value is -0.0800. The Balaban J connectivity index is 0.00000312. The molecule has 0 aliphatic carbocycles. The molecule has 0 saturated carbocycles. The first kappa shape index (κ1) is 23.0. The lowest BCUT2D eigenvalue weighted by Gasteiger charge is -2.23. The fourth-order valence-electron chi connectivity index (χ4n) is 3.65. The molecule has 0 spiro atoms. The van der Waals surface area contributed by atoms with E-state index in [9.17, 15) is 0 Å². The third-order valence-corrected chi connectivity index (χ3v) is 4.81. The molecule has 0 aromatic carbocycles. The van der Waals surface area contributed by atoms with Crippen molar-refractivity contribution in [2.45, 2.75) is 59.0 Å². The summed E-state index contributed by atoms with van der Waals surface area (Å²) in [6.07, 6.45) is 6.10.